The van der Waals surface area contributed by atoms with Crippen LogP contribution in [0.3, 0.4) is 0 Å². The van der Waals surface area contributed by atoms with Crippen molar-refractivity contribution in [1.29, 1.82) is 0 Å². The number of primary amides is 1. The summed E-state index contributed by atoms with van der Waals surface area (Å²) in [5.41, 5.74) is 5.46. The molecule has 0 aliphatic heterocycles. The molecule has 6 aromatic rings. The molecule has 0 fully saturated rings. The van der Waals surface area contributed by atoms with E-state index in [2.05, 4.69) is 30.7 Å². The lowest BCUT2D eigenvalue weighted by molar-refractivity contribution is -0.141. The maximum Gasteiger partial charge on any atom is 0.436 e. The Morgan fingerprint density at radius 1 is 0.956 bits per heavy atom. The Kier molecular flexibility index (Phi) is 7.72. The Hall–Kier alpha value is -5.28. The first-order chi connectivity index (χ1) is 21.5. The van der Waals surface area contributed by atoms with Crippen molar-refractivity contribution in [2.45, 2.75) is 19.3 Å². The van der Waals surface area contributed by atoms with E-state index in [0.717, 1.165) is 15.0 Å². The number of rotatable bonds is 8. The summed E-state index contributed by atoms with van der Waals surface area (Å²) < 4.78 is 41.9. The number of halogens is 5. The highest BCUT2D eigenvalue weighted by molar-refractivity contribution is 6.36. The van der Waals surface area contributed by atoms with Crippen molar-refractivity contribution in [2.75, 3.05) is 5.32 Å². The van der Waals surface area contributed by atoms with E-state index in [0.29, 0.717) is 18.1 Å². The van der Waals surface area contributed by atoms with Gasteiger partial charge in [-0.15, -0.1) is 5.10 Å². The summed E-state index contributed by atoms with van der Waals surface area (Å²) in [5, 5.41) is 19.2. The third kappa shape index (κ3) is 6.07. The van der Waals surface area contributed by atoms with Crippen molar-refractivity contribution >= 4 is 51.6 Å². The predicted molar refractivity (Wildman–Crippen MR) is 157 cm³/mol. The molecule has 228 valence electrons. The topological polar surface area (TPSA) is 151 Å². The fraction of sp³-hybridized carbons (Fsp3) is 0.107. The highest BCUT2D eigenvalue weighted by Crippen LogP contribution is 2.34. The number of hydrogen-bond donors (Lipinski definition) is 2. The van der Waals surface area contributed by atoms with Gasteiger partial charge >= 0.3 is 6.18 Å². The maximum absolute atomic E-state index is 13.8. The SMILES string of the molecule is NC(=O)c1c(NC(=O)c2cc(Cn3ncc(C(F)(F)F)n3)nn2-c2ncccc2Cl)c(Cl)cc2cn(Cc3ccccc3)nc12. The second-order valence-corrected chi connectivity index (χ2v) is 10.5. The number of amides is 2. The lowest BCUT2D eigenvalue weighted by atomic mass is 10.1. The van der Waals surface area contributed by atoms with Crippen LogP contribution in [0.4, 0.5) is 18.9 Å². The van der Waals surface area contributed by atoms with Crippen molar-refractivity contribution in [3.8, 4) is 5.82 Å². The minimum absolute atomic E-state index is 0.00601. The second-order valence-electron chi connectivity index (χ2n) is 9.68. The number of aromatic nitrogens is 8. The number of nitrogens with two attached hydrogens (primary N) is 1. The molecular formula is C28H19Cl2F3N10O2. The van der Waals surface area contributed by atoms with E-state index in [4.69, 9.17) is 28.9 Å². The van der Waals surface area contributed by atoms with Gasteiger partial charge in [0.2, 0.25) is 0 Å². The molecule has 2 amide bonds. The average molecular weight is 655 g/mol. The molecule has 0 unspecified atom stereocenters. The van der Waals surface area contributed by atoms with Crippen LogP contribution in [0.1, 0.15) is 37.8 Å². The monoisotopic (exact) mass is 654 g/mol. The number of benzene rings is 2. The number of carbonyl (C=O) groups is 2. The van der Waals surface area contributed by atoms with E-state index in [-0.39, 0.29) is 50.6 Å². The number of fused-ring (bicyclic) bond motifs is 1. The Morgan fingerprint density at radius 2 is 1.73 bits per heavy atom. The van der Waals surface area contributed by atoms with Gasteiger partial charge < -0.3 is 11.1 Å². The van der Waals surface area contributed by atoms with E-state index in [1.807, 2.05) is 30.3 Å². The molecule has 0 saturated carbocycles. The molecular weight excluding hydrogens is 636 g/mol. The van der Waals surface area contributed by atoms with E-state index >= 15 is 0 Å². The quantitative estimate of drug-likeness (QED) is 0.235. The Bertz CT molecular complexity index is 2070. The molecule has 45 heavy (non-hydrogen) atoms. The summed E-state index contributed by atoms with van der Waals surface area (Å²) in [5.74, 6) is -1.65. The number of nitrogens with one attached hydrogen (secondary N) is 1. The third-order valence-electron chi connectivity index (χ3n) is 6.53. The number of nitrogens with zero attached hydrogens (tertiary/aromatic N) is 8. The molecule has 12 nitrogen and oxygen atoms in total. The van der Waals surface area contributed by atoms with Gasteiger partial charge in [-0.05, 0) is 29.8 Å². The number of hydrogen-bond acceptors (Lipinski definition) is 7. The minimum atomic E-state index is -4.69. The molecule has 0 radical (unpaired) electrons. The van der Waals surface area contributed by atoms with E-state index < -0.39 is 23.7 Å². The van der Waals surface area contributed by atoms with Crippen LogP contribution < -0.4 is 11.1 Å². The summed E-state index contributed by atoms with van der Waals surface area (Å²) >= 11 is 12.9. The smallest absolute Gasteiger partial charge is 0.365 e. The normalized spacial score (nSPS) is 11.7. The maximum atomic E-state index is 13.8. The Labute approximate surface area is 261 Å². The molecule has 0 aliphatic carbocycles. The lowest BCUT2D eigenvalue weighted by Gasteiger charge is -2.13. The van der Waals surface area contributed by atoms with E-state index in [9.17, 15) is 22.8 Å². The molecule has 0 atom stereocenters. The highest BCUT2D eigenvalue weighted by Gasteiger charge is 2.34. The molecule has 4 aromatic heterocycles. The van der Waals surface area contributed by atoms with Gasteiger partial charge in [0.15, 0.2) is 11.5 Å². The summed E-state index contributed by atoms with van der Waals surface area (Å²) in [6.45, 7) is 0.0708. The number of anilines is 1. The van der Waals surface area contributed by atoms with E-state index in [1.54, 1.807) is 16.9 Å². The van der Waals surface area contributed by atoms with Crippen LogP contribution in [0.2, 0.25) is 10.0 Å². The molecule has 2 aromatic carbocycles. The number of carbonyl (C=O) groups excluding carboxylic acids is 2. The molecule has 17 heteroatoms. The Morgan fingerprint density at radius 3 is 2.42 bits per heavy atom. The van der Waals surface area contributed by atoms with Crippen molar-refractivity contribution in [3.05, 3.63) is 111 Å². The molecule has 0 saturated heterocycles. The summed E-state index contributed by atoms with van der Waals surface area (Å²) in [6, 6.07) is 15.4. The third-order valence-corrected chi connectivity index (χ3v) is 7.13. The zero-order chi connectivity index (χ0) is 31.9. The fourth-order valence-electron chi connectivity index (χ4n) is 4.59. The van der Waals surface area contributed by atoms with Crippen LogP contribution >= 0.6 is 23.2 Å². The summed E-state index contributed by atoms with van der Waals surface area (Å²) in [7, 11) is 0. The number of pyridine rings is 1. The van der Waals surface area contributed by atoms with Crippen LogP contribution in [-0.2, 0) is 19.3 Å². The van der Waals surface area contributed by atoms with Crippen molar-refractivity contribution in [2.24, 2.45) is 5.73 Å². The first kappa shape index (κ1) is 29.8. The average Bonchev–Trinajstić information content (AvgIpc) is 3.73. The van der Waals surface area contributed by atoms with Gasteiger partial charge in [-0.25, -0.2) is 9.67 Å². The van der Waals surface area contributed by atoms with Crippen molar-refractivity contribution in [1.82, 2.24) is 39.5 Å². The van der Waals surface area contributed by atoms with Gasteiger partial charge in [-0.1, -0.05) is 53.5 Å². The van der Waals surface area contributed by atoms with Crippen molar-refractivity contribution < 1.29 is 22.8 Å². The van der Waals surface area contributed by atoms with Gasteiger partial charge in [-0.2, -0.15) is 33.3 Å². The lowest BCUT2D eigenvalue weighted by Crippen LogP contribution is -2.21. The zero-order valence-corrected chi connectivity index (χ0v) is 24.2. The predicted octanol–water partition coefficient (Wildman–Crippen LogP) is 4.98. The molecule has 6 rings (SSSR count). The standard InChI is InChI=1S/C28H19Cl2F3N10O2/c29-18-7-4-8-35-26(18)43-20(10-17(38-43)14-42-36-11-21(39-42)28(31,32)33)27(45)37-24-19(30)9-16-13-41(12-15-5-2-1-3-6-15)40-23(16)22(24)25(34)44/h1-11,13H,12,14H2,(H2,34,44)(H,37,45). The summed E-state index contributed by atoms with van der Waals surface area (Å²) in [4.78, 5) is 31.4. The summed E-state index contributed by atoms with van der Waals surface area (Å²) in [6.07, 6.45) is -1.01. The molecule has 0 aliphatic rings. The first-order valence-corrected chi connectivity index (χ1v) is 13.8. The highest BCUT2D eigenvalue weighted by atomic mass is 35.5. The largest absolute Gasteiger partial charge is 0.436 e. The minimum Gasteiger partial charge on any atom is -0.365 e. The fourth-order valence-corrected chi connectivity index (χ4v) is 5.05. The van der Waals surface area contributed by atoms with Crippen LogP contribution in [0.25, 0.3) is 16.7 Å². The van der Waals surface area contributed by atoms with Crippen LogP contribution in [0.5, 0.6) is 0 Å². The van der Waals surface area contributed by atoms with Crippen LogP contribution in [0.15, 0.2) is 73.2 Å². The Balaban J connectivity index is 1.38. The van der Waals surface area contributed by atoms with Crippen molar-refractivity contribution in [3.63, 3.8) is 0 Å². The second kappa shape index (κ2) is 11.7. The molecule has 4 heterocycles. The molecule has 3 N–H and O–H groups in total. The van der Waals surface area contributed by atoms with Gasteiger partial charge in [0, 0.05) is 17.8 Å². The van der Waals surface area contributed by atoms with E-state index in [1.165, 1.54) is 24.4 Å². The number of alkyl halides is 3. The van der Waals surface area contributed by atoms with Gasteiger partial charge in [0.25, 0.3) is 11.8 Å². The molecule has 0 bridgehead atoms. The zero-order valence-electron chi connectivity index (χ0n) is 22.7. The van der Waals surface area contributed by atoms with Gasteiger partial charge in [-0.3, -0.25) is 14.3 Å². The van der Waals surface area contributed by atoms with Crippen LogP contribution in [0, 0.1) is 0 Å². The van der Waals surface area contributed by atoms with Crippen LogP contribution in [-0.4, -0.2) is 51.4 Å². The van der Waals surface area contributed by atoms with Gasteiger partial charge in [0.1, 0.15) is 17.8 Å². The molecule has 0 spiro atoms. The first-order valence-electron chi connectivity index (χ1n) is 13.0. The van der Waals surface area contributed by atoms with Gasteiger partial charge in [0.05, 0.1) is 39.7 Å².